The first-order valence-electron chi connectivity index (χ1n) is 8.82. The van der Waals surface area contributed by atoms with Gasteiger partial charge >= 0.3 is 0 Å². The minimum Gasteiger partial charge on any atom is -0.457 e. The fourth-order valence-electron chi connectivity index (χ4n) is 2.35. The molecule has 150 valence electrons. The molecule has 1 aromatic carbocycles. The molecule has 0 fully saturated rings. The zero-order valence-corrected chi connectivity index (χ0v) is 17.4. The molecule has 1 amide bonds. The van der Waals surface area contributed by atoms with E-state index in [1.807, 2.05) is 32.0 Å². The van der Waals surface area contributed by atoms with E-state index in [2.05, 4.69) is 26.0 Å². The SMILES string of the molecule is CC(C)Cn1nnc(NC(=S)NC(=O)C=Cc2ccc(-c3ccc(Cl)cc3)o2)n1. The molecule has 8 nitrogen and oxygen atoms in total. The van der Waals surface area contributed by atoms with E-state index in [0.717, 1.165) is 5.56 Å². The van der Waals surface area contributed by atoms with Crippen molar-refractivity contribution < 1.29 is 9.21 Å². The lowest BCUT2D eigenvalue weighted by atomic mass is 10.2. The molecule has 3 rings (SSSR count). The number of carbonyl (C=O) groups excluding carboxylic acids is 1. The Bertz CT molecular complexity index is 1030. The highest BCUT2D eigenvalue weighted by Crippen LogP contribution is 2.24. The Kier molecular flexibility index (Phi) is 6.73. The summed E-state index contributed by atoms with van der Waals surface area (Å²) in [5.74, 6) is 1.40. The first kappa shape index (κ1) is 20.7. The summed E-state index contributed by atoms with van der Waals surface area (Å²) in [5.41, 5.74) is 0.891. The van der Waals surface area contributed by atoms with E-state index in [0.29, 0.717) is 29.0 Å². The smallest absolute Gasteiger partial charge is 0.269 e. The van der Waals surface area contributed by atoms with E-state index in [1.54, 1.807) is 24.3 Å². The van der Waals surface area contributed by atoms with Gasteiger partial charge in [0.1, 0.15) is 11.5 Å². The van der Waals surface area contributed by atoms with E-state index in [-0.39, 0.29) is 11.1 Å². The molecule has 2 aromatic heterocycles. The van der Waals surface area contributed by atoms with E-state index < -0.39 is 5.91 Å². The van der Waals surface area contributed by atoms with Gasteiger partial charge in [-0.2, -0.15) is 4.80 Å². The summed E-state index contributed by atoms with van der Waals surface area (Å²) in [6.07, 6.45) is 2.87. The van der Waals surface area contributed by atoms with Crippen LogP contribution in [0.15, 0.2) is 46.9 Å². The summed E-state index contributed by atoms with van der Waals surface area (Å²) in [7, 11) is 0. The van der Waals surface area contributed by atoms with Crippen molar-refractivity contribution in [2.24, 2.45) is 5.92 Å². The number of anilines is 1. The molecule has 0 aliphatic rings. The number of benzene rings is 1. The number of tetrazole rings is 1. The average Bonchev–Trinajstić information content (AvgIpc) is 3.29. The van der Waals surface area contributed by atoms with Crippen LogP contribution < -0.4 is 10.6 Å². The number of rotatable bonds is 6. The number of furan rings is 1. The van der Waals surface area contributed by atoms with E-state index >= 15 is 0 Å². The number of nitrogens with one attached hydrogen (secondary N) is 2. The topological polar surface area (TPSA) is 97.9 Å². The number of nitrogens with zero attached hydrogens (tertiary/aromatic N) is 4. The van der Waals surface area contributed by atoms with E-state index in [9.17, 15) is 4.79 Å². The second-order valence-corrected chi connectivity index (χ2v) is 7.39. The molecule has 0 saturated heterocycles. The summed E-state index contributed by atoms with van der Waals surface area (Å²) >= 11 is 11.0. The second kappa shape index (κ2) is 9.44. The van der Waals surface area contributed by atoms with Crippen LogP contribution in [-0.2, 0) is 11.3 Å². The van der Waals surface area contributed by atoms with Crippen LogP contribution in [0.1, 0.15) is 19.6 Å². The third kappa shape index (κ3) is 6.23. The molecule has 0 aliphatic heterocycles. The van der Waals surface area contributed by atoms with Crippen LogP contribution >= 0.6 is 23.8 Å². The minimum absolute atomic E-state index is 0.0741. The molecule has 0 bridgehead atoms. The molecule has 0 unspecified atom stereocenters. The van der Waals surface area contributed by atoms with Gasteiger partial charge in [-0.15, -0.1) is 5.10 Å². The largest absolute Gasteiger partial charge is 0.457 e. The lowest BCUT2D eigenvalue weighted by Crippen LogP contribution is -2.33. The Morgan fingerprint density at radius 2 is 2.03 bits per heavy atom. The van der Waals surface area contributed by atoms with Crippen molar-refractivity contribution in [1.29, 1.82) is 0 Å². The summed E-state index contributed by atoms with van der Waals surface area (Å²) in [4.78, 5) is 13.5. The number of halogens is 1. The molecular weight excluding hydrogens is 412 g/mol. The lowest BCUT2D eigenvalue weighted by molar-refractivity contribution is -0.115. The van der Waals surface area contributed by atoms with Crippen LogP contribution in [0.5, 0.6) is 0 Å². The van der Waals surface area contributed by atoms with Crippen LogP contribution in [0.4, 0.5) is 5.95 Å². The fourth-order valence-corrected chi connectivity index (χ4v) is 2.67. The van der Waals surface area contributed by atoms with Crippen molar-refractivity contribution in [1.82, 2.24) is 25.5 Å². The number of aromatic nitrogens is 4. The maximum Gasteiger partial charge on any atom is 0.269 e. The van der Waals surface area contributed by atoms with Gasteiger partial charge in [0.05, 0.1) is 6.54 Å². The average molecular weight is 431 g/mol. The number of thiocarbonyl (C=S) groups is 1. The van der Waals surface area contributed by atoms with Gasteiger partial charge in [0.25, 0.3) is 5.95 Å². The van der Waals surface area contributed by atoms with Crippen LogP contribution in [0.3, 0.4) is 0 Å². The highest BCUT2D eigenvalue weighted by atomic mass is 35.5. The van der Waals surface area contributed by atoms with Crippen LogP contribution in [0.25, 0.3) is 17.4 Å². The molecule has 29 heavy (non-hydrogen) atoms. The van der Waals surface area contributed by atoms with Crippen molar-refractivity contribution in [2.45, 2.75) is 20.4 Å². The Hall–Kier alpha value is -3.04. The van der Waals surface area contributed by atoms with Crippen molar-refractivity contribution >= 4 is 46.9 Å². The molecule has 0 aliphatic carbocycles. The molecule has 2 N–H and O–H groups in total. The molecule has 10 heteroatoms. The van der Waals surface area contributed by atoms with Crippen molar-refractivity contribution in [3.8, 4) is 11.3 Å². The van der Waals surface area contributed by atoms with Gasteiger partial charge in [0.2, 0.25) is 5.91 Å². The van der Waals surface area contributed by atoms with Gasteiger partial charge in [0, 0.05) is 16.7 Å². The summed E-state index contributed by atoms with van der Waals surface area (Å²) < 4.78 is 5.71. The lowest BCUT2D eigenvalue weighted by Gasteiger charge is -2.03. The molecule has 0 radical (unpaired) electrons. The summed E-state index contributed by atoms with van der Waals surface area (Å²) in [6, 6.07) is 10.9. The maximum absolute atomic E-state index is 12.0. The van der Waals surface area contributed by atoms with Gasteiger partial charge in [0.15, 0.2) is 5.11 Å². The van der Waals surface area contributed by atoms with Gasteiger partial charge in [-0.1, -0.05) is 30.5 Å². The molecule has 2 heterocycles. The van der Waals surface area contributed by atoms with Crippen LogP contribution in [0.2, 0.25) is 5.02 Å². The Morgan fingerprint density at radius 3 is 2.76 bits per heavy atom. The second-order valence-electron chi connectivity index (χ2n) is 6.55. The minimum atomic E-state index is -0.415. The summed E-state index contributed by atoms with van der Waals surface area (Å²) in [5, 5.41) is 17.8. The molecular formula is C19H19ClN6O2S. The third-order valence-corrected chi connectivity index (χ3v) is 4.05. The zero-order chi connectivity index (χ0) is 20.8. The molecule has 0 atom stereocenters. The van der Waals surface area contributed by atoms with E-state index in [4.69, 9.17) is 28.2 Å². The Morgan fingerprint density at radius 1 is 1.28 bits per heavy atom. The molecule has 0 spiro atoms. The van der Waals surface area contributed by atoms with Crippen molar-refractivity contribution in [2.75, 3.05) is 5.32 Å². The van der Waals surface area contributed by atoms with E-state index in [1.165, 1.54) is 10.9 Å². The van der Waals surface area contributed by atoms with Crippen LogP contribution in [0, 0.1) is 5.92 Å². The normalized spacial score (nSPS) is 11.2. The first-order valence-corrected chi connectivity index (χ1v) is 9.61. The highest BCUT2D eigenvalue weighted by molar-refractivity contribution is 7.80. The van der Waals surface area contributed by atoms with Gasteiger partial charge in [-0.3, -0.25) is 15.4 Å². The van der Waals surface area contributed by atoms with Gasteiger partial charge < -0.3 is 4.42 Å². The quantitative estimate of drug-likeness (QED) is 0.453. The number of hydrogen-bond acceptors (Lipinski definition) is 6. The Labute approximate surface area is 177 Å². The number of hydrogen-bond donors (Lipinski definition) is 2. The monoisotopic (exact) mass is 430 g/mol. The summed E-state index contributed by atoms with van der Waals surface area (Å²) in [6.45, 7) is 4.73. The number of amides is 1. The van der Waals surface area contributed by atoms with Gasteiger partial charge in [-0.25, -0.2) is 0 Å². The fraction of sp³-hybridized carbons (Fsp3) is 0.211. The zero-order valence-electron chi connectivity index (χ0n) is 15.8. The van der Waals surface area contributed by atoms with Gasteiger partial charge in [-0.05, 0) is 65.8 Å². The standard InChI is InChI=1S/C19H19ClN6O2S/c1-12(2)11-26-24-18(23-25-26)22-19(29)21-17(27)10-8-15-7-9-16(28-15)13-3-5-14(20)6-4-13/h3-10,12H,11H2,1-2H3,(H2,21,22,24,27,29). The number of carbonyl (C=O) groups is 1. The maximum atomic E-state index is 12.0. The van der Waals surface area contributed by atoms with Crippen molar-refractivity contribution in [3.63, 3.8) is 0 Å². The first-order chi connectivity index (χ1) is 13.9. The Balaban J connectivity index is 1.52. The van der Waals surface area contributed by atoms with Crippen molar-refractivity contribution in [3.05, 3.63) is 53.3 Å². The molecule has 0 saturated carbocycles. The molecule has 3 aromatic rings. The highest BCUT2D eigenvalue weighted by Gasteiger charge is 2.08. The van der Waals surface area contributed by atoms with Crippen LogP contribution in [-0.4, -0.2) is 31.2 Å². The predicted molar refractivity (Wildman–Crippen MR) is 115 cm³/mol. The predicted octanol–water partition coefficient (Wildman–Crippen LogP) is 3.77. The third-order valence-electron chi connectivity index (χ3n) is 3.60.